The summed E-state index contributed by atoms with van der Waals surface area (Å²) in [6.45, 7) is 6.82. The van der Waals surface area contributed by atoms with Crippen LogP contribution < -0.4 is 14.8 Å². The number of rotatable bonds is 4. The van der Waals surface area contributed by atoms with Crippen molar-refractivity contribution in [3.05, 3.63) is 23.8 Å². The molecule has 2 aliphatic heterocycles. The van der Waals surface area contributed by atoms with Gasteiger partial charge in [0.1, 0.15) is 13.2 Å². The maximum atomic E-state index is 12.3. The van der Waals surface area contributed by atoms with Crippen LogP contribution in [0, 0.1) is 5.92 Å². The Bertz CT molecular complexity index is 527. The highest BCUT2D eigenvalue weighted by atomic mass is 16.6. The molecule has 2 heterocycles. The SMILES string of the molecule is CC(CC(=O)N1CCNCC1)Cc1ccc2c(c1)OCCO2. The van der Waals surface area contributed by atoms with Gasteiger partial charge in [-0.1, -0.05) is 13.0 Å². The van der Waals surface area contributed by atoms with Crippen LogP contribution in [0.1, 0.15) is 18.9 Å². The predicted molar refractivity (Wildman–Crippen MR) is 84.4 cm³/mol. The number of hydrogen-bond acceptors (Lipinski definition) is 4. The molecular weight excluding hydrogens is 280 g/mol. The number of nitrogens with one attached hydrogen (secondary N) is 1. The van der Waals surface area contributed by atoms with Crippen LogP contribution in [0.2, 0.25) is 0 Å². The van der Waals surface area contributed by atoms with Crippen LogP contribution in [0.15, 0.2) is 18.2 Å². The molecule has 1 fully saturated rings. The van der Waals surface area contributed by atoms with Gasteiger partial charge >= 0.3 is 0 Å². The van der Waals surface area contributed by atoms with Crippen molar-refractivity contribution in [1.82, 2.24) is 10.2 Å². The highest BCUT2D eigenvalue weighted by Gasteiger charge is 2.19. The number of hydrogen-bond donors (Lipinski definition) is 1. The standard InChI is InChI=1S/C17H24N2O3/c1-13(11-17(20)19-6-4-18-5-7-19)10-14-2-3-15-16(12-14)22-9-8-21-15/h2-3,12-13,18H,4-11H2,1H3. The molecular formula is C17H24N2O3. The molecule has 2 aliphatic rings. The Morgan fingerprint density at radius 2 is 1.95 bits per heavy atom. The van der Waals surface area contributed by atoms with Crippen molar-refractivity contribution in [2.75, 3.05) is 39.4 Å². The van der Waals surface area contributed by atoms with Gasteiger partial charge in [0.2, 0.25) is 5.91 Å². The van der Waals surface area contributed by atoms with Gasteiger partial charge in [-0.3, -0.25) is 4.79 Å². The van der Waals surface area contributed by atoms with E-state index < -0.39 is 0 Å². The number of piperazine rings is 1. The minimum atomic E-state index is 0.270. The molecule has 120 valence electrons. The summed E-state index contributed by atoms with van der Waals surface area (Å²) in [5.41, 5.74) is 1.20. The first-order valence-corrected chi connectivity index (χ1v) is 8.09. The van der Waals surface area contributed by atoms with Gasteiger partial charge in [0.05, 0.1) is 0 Å². The summed E-state index contributed by atoms with van der Waals surface area (Å²) in [5, 5.41) is 3.27. The lowest BCUT2D eigenvalue weighted by Crippen LogP contribution is -2.46. The molecule has 5 heteroatoms. The third-order valence-corrected chi connectivity index (χ3v) is 4.18. The number of carbonyl (C=O) groups excluding carboxylic acids is 1. The number of amides is 1. The Hall–Kier alpha value is -1.75. The quantitative estimate of drug-likeness (QED) is 0.915. The lowest BCUT2D eigenvalue weighted by Gasteiger charge is -2.28. The number of nitrogens with zero attached hydrogens (tertiary/aromatic N) is 1. The van der Waals surface area contributed by atoms with E-state index in [0.29, 0.717) is 25.6 Å². The van der Waals surface area contributed by atoms with Crippen LogP contribution in [0.25, 0.3) is 0 Å². The van der Waals surface area contributed by atoms with Crippen molar-refractivity contribution in [3.63, 3.8) is 0 Å². The maximum absolute atomic E-state index is 12.3. The first-order chi connectivity index (χ1) is 10.7. The molecule has 1 unspecified atom stereocenters. The molecule has 0 bridgehead atoms. The Kier molecular flexibility index (Phi) is 4.83. The Labute approximate surface area is 131 Å². The summed E-state index contributed by atoms with van der Waals surface area (Å²) in [4.78, 5) is 14.3. The summed E-state index contributed by atoms with van der Waals surface area (Å²) in [6, 6.07) is 6.08. The second kappa shape index (κ2) is 7.01. The van der Waals surface area contributed by atoms with Gasteiger partial charge in [0, 0.05) is 32.6 Å². The van der Waals surface area contributed by atoms with E-state index in [1.807, 2.05) is 17.0 Å². The zero-order valence-corrected chi connectivity index (χ0v) is 13.1. The fourth-order valence-electron chi connectivity index (χ4n) is 3.03. The normalized spacial score (nSPS) is 18.9. The minimum Gasteiger partial charge on any atom is -0.486 e. The number of ether oxygens (including phenoxy) is 2. The van der Waals surface area contributed by atoms with Crippen LogP contribution in [-0.4, -0.2) is 50.2 Å². The van der Waals surface area contributed by atoms with Crippen LogP contribution >= 0.6 is 0 Å². The predicted octanol–water partition coefficient (Wildman–Crippen LogP) is 1.46. The van der Waals surface area contributed by atoms with Crippen molar-refractivity contribution < 1.29 is 14.3 Å². The molecule has 1 saturated heterocycles. The third kappa shape index (κ3) is 3.71. The zero-order chi connectivity index (χ0) is 15.4. The van der Waals surface area contributed by atoms with E-state index in [1.54, 1.807) is 0 Å². The third-order valence-electron chi connectivity index (χ3n) is 4.18. The Morgan fingerprint density at radius 3 is 2.73 bits per heavy atom. The van der Waals surface area contributed by atoms with E-state index in [-0.39, 0.29) is 5.91 Å². The monoisotopic (exact) mass is 304 g/mol. The highest BCUT2D eigenvalue weighted by Crippen LogP contribution is 2.31. The fraction of sp³-hybridized carbons (Fsp3) is 0.588. The van der Waals surface area contributed by atoms with Crippen molar-refractivity contribution in [3.8, 4) is 11.5 Å². The van der Waals surface area contributed by atoms with Crippen LogP contribution in [0.3, 0.4) is 0 Å². The average Bonchev–Trinajstić information content (AvgIpc) is 2.55. The summed E-state index contributed by atoms with van der Waals surface area (Å²) < 4.78 is 11.2. The Morgan fingerprint density at radius 1 is 1.23 bits per heavy atom. The summed E-state index contributed by atoms with van der Waals surface area (Å²) >= 11 is 0. The van der Waals surface area contributed by atoms with Gasteiger partial charge < -0.3 is 19.7 Å². The van der Waals surface area contributed by atoms with Crippen LogP contribution in [-0.2, 0) is 11.2 Å². The lowest BCUT2D eigenvalue weighted by molar-refractivity contribution is -0.132. The minimum absolute atomic E-state index is 0.270. The average molecular weight is 304 g/mol. The molecule has 1 atom stereocenters. The second-order valence-corrected chi connectivity index (χ2v) is 6.12. The fourth-order valence-corrected chi connectivity index (χ4v) is 3.03. The smallest absolute Gasteiger partial charge is 0.222 e. The molecule has 0 radical (unpaired) electrons. The Balaban J connectivity index is 1.54. The molecule has 0 aliphatic carbocycles. The second-order valence-electron chi connectivity index (χ2n) is 6.12. The molecule has 0 spiro atoms. The highest BCUT2D eigenvalue weighted by molar-refractivity contribution is 5.76. The summed E-state index contributed by atoms with van der Waals surface area (Å²) in [5.74, 6) is 2.24. The summed E-state index contributed by atoms with van der Waals surface area (Å²) in [7, 11) is 0. The van der Waals surface area contributed by atoms with E-state index in [2.05, 4.69) is 18.3 Å². The number of fused-ring (bicyclic) bond motifs is 1. The van der Waals surface area contributed by atoms with E-state index in [0.717, 1.165) is 44.1 Å². The largest absolute Gasteiger partial charge is 0.486 e. The van der Waals surface area contributed by atoms with E-state index >= 15 is 0 Å². The topological polar surface area (TPSA) is 50.8 Å². The molecule has 5 nitrogen and oxygen atoms in total. The number of benzene rings is 1. The molecule has 0 saturated carbocycles. The molecule has 1 aromatic carbocycles. The molecule has 0 aromatic heterocycles. The molecule has 1 aromatic rings. The lowest BCUT2D eigenvalue weighted by atomic mass is 9.97. The zero-order valence-electron chi connectivity index (χ0n) is 13.1. The maximum Gasteiger partial charge on any atom is 0.222 e. The van der Waals surface area contributed by atoms with Gasteiger partial charge in [-0.25, -0.2) is 0 Å². The van der Waals surface area contributed by atoms with Crippen molar-refractivity contribution in [2.24, 2.45) is 5.92 Å². The first kappa shape index (κ1) is 15.2. The van der Waals surface area contributed by atoms with Crippen molar-refractivity contribution in [2.45, 2.75) is 19.8 Å². The van der Waals surface area contributed by atoms with Crippen LogP contribution in [0.5, 0.6) is 11.5 Å². The van der Waals surface area contributed by atoms with Crippen molar-refractivity contribution >= 4 is 5.91 Å². The van der Waals surface area contributed by atoms with Gasteiger partial charge in [-0.15, -0.1) is 0 Å². The van der Waals surface area contributed by atoms with Gasteiger partial charge in [-0.2, -0.15) is 0 Å². The molecule has 1 amide bonds. The van der Waals surface area contributed by atoms with Crippen molar-refractivity contribution in [1.29, 1.82) is 0 Å². The molecule has 3 rings (SSSR count). The van der Waals surface area contributed by atoms with Gasteiger partial charge in [0.15, 0.2) is 11.5 Å². The summed E-state index contributed by atoms with van der Waals surface area (Å²) in [6.07, 6.45) is 1.49. The number of carbonyl (C=O) groups is 1. The van der Waals surface area contributed by atoms with Gasteiger partial charge in [-0.05, 0) is 30.0 Å². The first-order valence-electron chi connectivity index (χ1n) is 8.09. The van der Waals surface area contributed by atoms with E-state index in [4.69, 9.17) is 9.47 Å². The molecule has 1 N–H and O–H groups in total. The van der Waals surface area contributed by atoms with E-state index in [1.165, 1.54) is 5.56 Å². The van der Waals surface area contributed by atoms with Gasteiger partial charge in [0.25, 0.3) is 0 Å². The molecule has 22 heavy (non-hydrogen) atoms. The van der Waals surface area contributed by atoms with E-state index in [9.17, 15) is 4.79 Å². The van der Waals surface area contributed by atoms with Crippen LogP contribution in [0.4, 0.5) is 0 Å².